The molecular formula is C15H16N2O3S. The zero-order valence-electron chi connectivity index (χ0n) is 11.6. The summed E-state index contributed by atoms with van der Waals surface area (Å²) in [5.41, 5.74) is 0.977. The number of hydrogen-bond donors (Lipinski definition) is 2. The van der Waals surface area contributed by atoms with Gasteiger partial charge in [0.1, 0.15) is 0 Å². The van der Waals surface area contributed by atoms with E-state index in [-0.39, 0.29) is 18.9 Å². The van der Waals surface area contributed by atoms with E-state index < -0.39 is 0 Å². The second kappa shape index (κ2) is 6.05. The first-order chi connectivity index (χ1) is 10.2. The van der Waals surface area contributed by atoms with Crippen molar-refractivity contribution in [3.63, 3.8) is 0 Å². The smallest absolute Gasteiger partial charge is 0.315 e. The maximum atomic E-state index is 11.9. The van der Waals surface area contributed by atoms with Gasteiger partial charge in [0.05, 0.1) is 12.6 Å². The Morgan fingerprint density at radius 3 is 3.00 bits per heavy atom. The first-order valence-electron chi connectivity index (χ1n) is 6.68. The van der Waals surface area contributed by atoms with E-state index in [1.807, 2.05) is 42.6 Å². The molecule has 0 saturated heterocycles. The molecule has 0 bridgehead atoms. The average Bonchev–Trinajstić information content (AvgIpc) is 3.15. The van der Waals surface area contributed by atoms with Crippen LogP contribution in [0.4, 0.5) is 4.79 Å². The summed E-state index contributed by atoms with van der Waals surface area (Å²) in [7, 11) is 0. The Morgan fingerprint density at radius 2 is 2.19 bits per heavy atom. The maximum absolute atomic E-state index is 11.9. The highest BCUT2D eigenvalue weighted by atomic mass is 32.1. The van der Waals surface area contributed by atoms with Gasteiger partial charge in [0.25, 0.3) is 0 Å². The summed E-state index contributed by atoms with van der Waals surface area (Å²) in [4.78, 5) is 13.0. The van der Waals surface area contributed by atoms with Crippen LogP contribution >= 0.6 is 11.3 Å². The molecule has 1 aromatic heterocycles. The number of urea groups is 1. The maximum Gasteiger partial charge on any atom is 0.315 e. The predicted molar refractivity (Wildman–Crippen MR) is 80.7 cm³/mol. The third kappa shape index (κ3) is 3.28. The zero-order chi connectivity index (χ0) is 14.7. The average molecular weight is 304 g/mol. The highest BCUT2D eigenvalue weighted by Gasteiger charge is 2.16. The van der Waals surface area contributed by atoms with E-state index in [4.69, 9.17) is 9.47 Å². The van der Waals surface area contributed by atoms with Crippen LogP contribution in [0, 0.1) is 0 Å². The Labute approximate surface area is 126 Å². The molecule has 6 heteroatoms. The summed E-state index contributed by atoms with van der Waals surface area (Å²) >= 11 is 1.62. The SMILES string of the molecule is CC(NC(=O)NCc1cccs1)c1ccc2c(c1)OCO2. The minimum absolute atomic E-state index is 0.108. The number of thiophene rings is 1. The van der Waals surface area contributed by atoms with Gasteiger partial charge in [-0.2, -0.15) is 0 Å². The molecule has 1 atom stereocenters. The van der Waals surface area contributed by atoms with Crippen molar-refractivity contribution < 1.29 is 14.3 Å². The van der Waals surface area contributed by atoms with Gasteiger partial charge in [-0.1, -0.05) is 12.1 Å². The lowest BCUT2D eigenvalue weighted by molar-refractivity contribution is 0.174. The van der Waals surface area contributed by atoms with Crippen molar-refractivity contribution in [2.75, 3.05) is 6.79 Å². The monoisotopic (exact) mass is 304 g/mol. The van der Waals surface area contributed by atoms with Gasteiger partial charge in [0, 0.05) is 4.88 Å². The van der Waals surface area contributed by atoms with Crippen LogP contribution in [0.25, 0.3) is 0 Å². The number of ether oxygens (including phenoxy) is 2. The number of carbonyl (C=O) groups excluding carboxylic acids is 1. The second-order valence-electron chi connectivity index (χ2n) is 4.74. The lowest BCUT2D eigenvalue weighted by atomic mass is 10.1. The van der Waals surface area contributed by atoms with Gasteiger partial charge >= 0.3 is 6.03 Å². The lowest BCUT2D eigenvalue weighted by Crippen LogP contribution is -2.36. The molecule has 2 heterocycles. The fourth-order valence-corrected chi connectivity index (χ4v) is 2.74. The Hall–Kier alpha value is -2.21. The fourth-order valence-electron chi connectivity index (χ4n) is 2.09. The second-order valence-corrected chi connectivity index (χ2v) is 5.77. The number of fused-ring (bicyclic) bond motifs is 1. The molecular weight excluding hydrogens is 288 g/mol. The molecule has 21 heavy (non-hydrogen) atoms. The van der Waals surface area contributed by atoms with Crippen LogP contribution in [-0.2, 0) is 6.54 Å². The van der Waals surface area contributed by atoms with Crippen molar-refractivity contribution in [2.24, 2.45) is 0 Å². The van der Waals surface area contributed by atoms with Crippen molar-refractivity contribution >= 4 is 17.4 Å². The Balaban J connectivity index is 1.55. The minimum atomic E-state index is -0.187. The van der Waals surface area contributed by atoms with Gasteiger partial charge in [0.2, 0.25) is 6.79 Å². The summed E-state index contributed by atoms with van der Waals surface area (Å²) < 4.78 is 10.6. The molecule has 0 fully saturated rings. The van der Waals surface area contributed by atoms with Crippen molar-refractivity contribution in [3.8, 4) is 11.5 Å². The molecule has 2 amide bonds. The van der Waals surface area contributed by atoms with E-state index in [0.717, 1.165) is 21.9 Å². The Morgan fingerprint density at radius 1 is 1.33 bits per heavy atom. The van der Waals surface area contributed by atoms with Crippen LogP contribution in [0.3, 0.4) is 0 Å². The highest BCUT2D eigenvalue weighted by Crippen LogP contribution is 2.34. The van der Waals surface area contributed by atoms with Gasteiger partial charge < -0.3 is 20.1 Å². The summed E-state index contributed by atoms with van der Waals surface area (Å²) in [6.07, 6.45) is 0. The summed E-state index contributed by atoms with van der Waals surface area (Å²) in [5.74, 6) is 1.47. The molecule has 1 aromatic carbocycles. The van der Waals surface area contributed by atoms with Gasteiger partial charge in [0.15, 0.2) is 11.5 Å². The first-order valence-corrected chi connectivity index (χ1v) is 7.56. The van der Waals surface area contributed by atoms with E-state index in [9.17, 15) is 4.79 Å². The number of rotatable bonds is 4. The molecule has 1 aliphatic heterocycles. The molecule has 2 aromatic rings. The van der Waals surface area contributed by atoms with Crippen molar-refractivity contribution in [1.29, 1.82) is 0 Å². The standard InChI is InChI=1S/C15H16N2O3S/c1-10(11-4-5-13-14(7-11)20-9-19-13)17-15(18)16-8-12-3-2-6-21-12/h2-7,10H,8-9H2,1H3,(H2,16,17,18). The third-order valence-electron chi connectivity index (χ3n) is 3.25. The van der Waals surface area contributed by atoms with Gasteiger partial charge in [-0.3, -0.25) is 0 Å². The Kier molecular flexibility index (Phi) is 3.96. The van der Waals surface area contributed by atoms with Crippen LogP contribution < -0.4 is 20.1 Å². The molecule has 0 aliphatic carbocycles. The lowest BCUT2D eigenvalue weighted by Gasteiger charge is -2.15. The van der Waals surface area contributed by atoms with Crippen LogP contribution in [0.1, 0.15) is 23.4 Å². The van der Waals surface area contributed by atoms with Crippen LogP contribution in [-0.4, -0.2) is 12.8 Å². The van der Waals surface area contributed by atoms with E-state index in [2.05, 4.69) is 10.6 Å². The summed E-state index contributed by atoms with van der Waals surface area (Å²) in [6, 6.07) is 9.35. The zero-order valence-corrected chi connectivity index (χ0v) is 12.4. The molecule has 0 spiro atoms. The molecule has 1 unspecified atom stereocenters. The van der Waals surface area contributed by atoms with Gasteiger partial charge in [-0.05, 0) is 36.1 Å². The normalized spacial score (nSPS) is 13.8. The molecule has 0 radical (unpaired) electrons. The topological polar surface area (TPSA) is 59.6 Å². The van der Waals surface area contributed by atoms with Crippen LogP contribution in [0.5, 0.6) is 11.5 Å². The fraction of sp³-hybridized carbons (Fsp3) is 0.267. The molecule has 1 aliphatic rings. The molecule has 2 N–H and O–H groups in total. The third-order valence-corrected chi connectivity index (χ3v) is 4.12. The van der Waals surface area contributed by atoms with E-state index in [1.165, 1.54) is 0 Å². The number of nitrogens with one attached hydrogen (secondary N) is 2. The molecule has 0 saturated carbocycles. The first kappa shape index (κ1) is 13.8. The number of amides is 2. The van der Waals surface area contributed by atoms with E-state index in [0.29, 0.717) is 6.54 Å². The highest BCUT2D eigenvalue weighted by molar-refractivity contribution is 7.09. The number of hydrogen-bond acceptors (Lipinski definition) is 4. The van der Waals surface area contributed by atoms with Gasteiger partial charge in [-0.15, -0.1) is 11.3 Å². The van der Waals surface area contributed by atoms with E-state index >= 15 is 0 Å². The quantitative estimate of drug-likeness (QED) is 0.912. The van der Waals surface area contributed by atoms with Crippen molar-refractivity contribution in [2.45, 2.75) is 19.5 Å². The number of benzene rings is 1. The minimum Gasteiger partial charge on any atom is -0.454 e. The molecule has 3 rings (SSSR count). The molecule has 5 nitrogen and oxygen atoms in total. The largest absolute Gasteiger partial charge is 0.454 e. The van der Waals surface area contributed by atoms with Crippen molar-refractivity contribution in [3.05, 3.63) is 46.2 Å². The van der Waals surface area contributed by atoms with Crippen LogP contribution in [0.15, 0.2) is 35.7 Å². The summed E-state index contributed by atoms with van der Waals surface area (Å²) in [6.45, 7) is 2.72. The summed E-state index contributed by atoms with van der Waals surface area (Å²) in [5, 5.41) is 7.74. The van der Waals surface area contributed by atoms with Gasteiger partial charge in [-0.25, -0.2) is 4.79 Å². The van der Waals surface area contributed by atoms with Crippen LogP contribution in [0.2, 0.25) is 0 Å². The number of carbonyl (C=O) groups is 1. The molecule has 110 valence electrons. The van der Waals surface area contributed by atoms with E-state index in [1.54, 1.807) is 11.3 Å². The Bertz CT molecular complexity index is 628. The predicted octanol–water partition coefficient (Wildman–Crippen LogP) is 3.04. The van der Waals surface area contributed by atoms with Crippen molar-refractivity contribution in [1.82, 2.24) is 10.6 Å².